The number of hydrogen-bond acceptors (Lipinski definition) is 3. The summed E-state index contributed by atoms with van der Waals surface area (Å²) in [5.41, 5.74) is 0.569. The van der Waals surface area contributed by atoms with Gasteiger partial charge < -0.3 is 4.67 Å². The van der Waals surface area contributed by atoms with Gasteiger partial charge in [-0.3, -0.25) is 0 Å². The minimum Gasteiger partial charge on any atom is -0.322 e. The third-order valence-electron chi connectivity index (χ3n) is 2.51. The van der Waals surface area contributed by atoms with Crippen molar-refractivity contribution in [3.8, 4) is 0 Å². The number of fused-ring (bicyclic) bond motifs is 1. The molecule has 0 fully saturated rings. The molecule has 1 heterocycles. The van der Waals surface area contributed by atoms with Gasteiger partial charge in [0.25, 0.3) is 0 Å². The van der Waals surface area contributed by atoms with Crippen LogP contribution in [0.1, 0.15) is 5.56 Å². The highest BCUT2D eigenvalue weighted by Gasteiger charge is 2.29. The molecule has 0 radical (unpaired) electrons. The summed E-state index contributed by atoms with van der Waals surface area (Å²) < 4.78 is 6.94. The van der Waals surface area contributed by atoms with Gasteiger partial charge in [-0.1, -0.05) is 29.6 Å². The second kappa shape index (κ2) is 4.73. The highest BCUT2D eigenvalue weighted by atomic mass is 32.9. The SMILES string of the molecule is CSC1=NP(=S)(SC)N(C)c2ccccc21. The smallest absolute Gasteiger partial charge is 0.198 e. The predicted octanol–water partition coefficient (Wildman–Crippen LogP) is 3.83. The molecule has 0 aromatic heterocycles. The summed E-state index contributed by atoms with van der Waals surface area (Å²) >= 11 is 9.07. The molecule has 0 N–H and O–H groups in total. The number of thioether (sulfide) groups is 1. The van der Waals surface area contributed by atoms with Gasteiger partial charge in [0, 0.05) is 12.6 Å². The normalized spacial score (nSPS) is 23.9. The maximum Gasteiger partial charge on any atom is 0.198 e. The predicted molar refractivity (Wildman–Crippen MR) is 82.7 cm³/mol. The van der Waals surface area contributed by atoms with Crippen LogP contribution >= 0.6 is 28.7 Å². The molecular weight excluding hydrogens is 275 g/mol. The molecule has 0 saturated carbocycles. The topological polar surface area (TPSA) is 15.6 Å². The van der Waals surface area contributed by atoms with Crippen LogP contribution in [0.2, 0.25) is 0 Å². The number of rotatable bonds is 1. The van der Waals surface area contributed by atoms with Crippen molar-refractivity contribution < 1.29 is 0 Å². The molecular formula is C10H13N2PS3. The lowest BCUT2D eigenvalue weighted by molar-refractivity contribution is 1.32. The van der Waals surface area contributed by atoms with E-state index < -0.39 is 5.54 Å². The molecule has 6 heteroatoms. The highest BCUT2D eigenvalue weighted by Crippen LogP contribution is 2.65. The fourth-order valence-corrected chi connectivity index (χ4v) is 6.25. The van der Waals surface area contributed by atoms with E-state index in [1.807, 2.05) is 12.3 Å². The Morgan fingerprint density at radius 3 is 2.62 bits per heavy atom. The van der Waals surface area contributed by atoms with E-state index >= 15 is 0 Å². The molecule has 1 aliphatic heterocycles. The average Bonchev–Trinajstić information content (AvgIpc) is 2.34. The molecule has 2 nitrogen and oxygen atoms in total. The Morgan fingerprint density at radius 1 is 1.31 bits per heavy atom. The van der Waals surface area contributed by atoms with Crippen molar-refractivity contribution in [2.75, 3.05) is 24.2 Å². The van der Waals surface area contributed by atoms with Gasteiger partial charge in [-0.15, -0.1) is 11.8 Å². The van der Waals surface area contributed by atoms with Crippen molar-refractivity contribution in [1.82, 2.24) is 0 Å². The monoisotopic (exact) mass is 288 g/mol. The summed E-state index contributed by atoms with van der Waals surface area (Å²) in [5, 5.41) is 1.08. The zero-order chi connectivity index (χ0) is 11.8. The molecule has 0 amide bonds. The van der Waals surface area contributed by atoms with Crippen LogP contribution < -0.4 is 4.67 Å². The van der Waals surface area contributed by atoms with Gasteiger partial charge in [0.15, 0.2) is 5.54 Å². The Bertz CT molecular complexity index is 487. The van der Waals surface area contributed by atoms with Gasteiger partial charge in [0.1, 0.15) is 5.04 Å². The zero-order valence-corrected chi connectivity index (χ0v) is 12.7. The molecule has 1 unspecified atom stereocenters. The lowest BCUT2D eigenvalue weighted by Gasteiger charge is -2.34. The van der Waals surface area contributed by atoms with Gasteiger partial charge in [-0.05, 0) is 30.4 Å². The Hall–Kier alpha value is 0.0400. The second-order valence-electron chi connectivity index (χ2n) is 3.32. The van der Waals surface area contributed by atoms with Crippen LogP contribution in [0.25, 0.3) is 0 Å². The Labute approximate surface area is 110 Å². The zero-order valence-electron chi connectivity index (χ0n) is 9.38. The van der Waals surface area contributed by atoms with Crippen LogP contribution in [-0.4, -0.2) is 24.6 Å². The van der Waals surface area contributed by atoms with Crippen molar-refractivity contribution in [2.24, 2.45) is 4.76 Å². The molecule has 2 rings (SSSR count). The fraction of sp³-hybridized carbons (Fsp3) is 0.300. The minimum atomic E-state index is -1.84. The Morgan fingerprint density at radius 2 is 2.00 bits per heavy atom. The molecule has 0 spiro atoms. The van der Waals surface area contributed by atoms with Gasteiger partial charge in [-0.25, -0.2) is 4.76 Å². The van der Waals surface area contributed by atoms with Crippen molar-refractivity contribution >= 4 is 51.2 Å². The van der Waals surface area contributed by atoms with E-state index in [2.05, 4.69) is 36.2 Å². The first-order chi connectivity index (χ1) is 7.62. The molecule has 0 aliphatic carbocycles. The molecule has 0 bridgehead atoms. The molecule has 1 aromatic carbocycles. The lowest BCUT2D eigenvalue weighted by Crippen LogP contribution is -2.18. The van der Waals surface area contributed by atoms with E-state index in [1.54, 1.807) is 23.1 Å². The van der Waals surface area contributed by atoms with Crippen molar-refractivity contribution in [2.45, 2.75) is 0 Å². The first kappa shape index (κ1) is 12.5. The summed E-state index contributed by atoms with van der Waals surface area (Å²) in [6.45, 7) is 0. The highest BCUT2D eigenvalue weighted by molar-refractivity contribution is 8.70. The number of hydrogen-bond donors (Lipinski definition) is 0. The van der Waals surface area contributed by atoms with Crippen LogP contribution in [-0.2, 0) is 11.8 Å². The Balaban J connectivity index is 2.64. The number of nitrogens with zero attached hydrogens (tertiary/aromatic N) is 2. The number of benzene rings is 1. The molecule has 0 saturated heterocycles. The van der Waals surface area contributed by atoms with E-state index in [1.165, 1.54) is 11.3 Å². The maximum absolute atomic E-state index is 5.70. The van der Waals surface area contributed by atoms with Crippen LogP contribution in [0.4, 0.5) is 5.69 Å². The van der Waals surface area contributed by atoms with Crippen LogP contribution in [0, 0.1) is 0 Å². The lowest BCUT2D eigenvalue weighted by atomic mass is 10.2. The third kappa shape index (κ3) is 1.94. The van der Waals surface area contributed by atoms with Crippen molar-refractivity contribution in [1.29, 1.82) is 0 Å². The van der Waals surface area contributed by atoms with Crippen LogP contribution in [0.15, 0.2) is 29.0 Å². The summed E-state index contributed by atoms with van der Waals surface area (Å²) in [6.07, 6.45) is 4.10. The maximum atomic E-state index is 5.70. The minimum absolute atomic E-state index is 1.08. The summed E-state index contributed by atoms with van der Waals surface area (Å²) in [4.78, 5) is 0. The molecule has 86 valence electrons. The van der Waals surface area contributed by atoms with Crippen molar-refractivity contribution in [3.05, 3.63) is 29.8 Å². The first-order valence-electron chi connectivity index (χ1n) is 4.76. The first-order valence-corrected chi connectivity index (χ1v) is 10.5. The average molecular weight is 288 g/mol. The quantitative estimate of drug-likeness (QED) is 0.729. The van der Waals surface area contributed by atoms with Gasteiger partial charge >= 0.3 is 0 Å². The van der Waals surface area contributed by atoms with Gasteiger partial charge in [0.2, 0.25) is 0 Å². The van der Waals surface area contributed by atoms with Gasteiger partial charge in [0.05, 0.1) is 5.69 Å². The van der Waals surface area contributed by atoms with Crippen LogP contribution in [0.5, 0.6) is 0 Å². The standard InChI is InChI=1S/C10H13N2PS3/c1-12-9-7-5-4-6-8(9)10(15-2)11-13(12,14)16-3/h4-7H,1-3H3. The van der Waals surface area contributed by atoms with E-state index in [0.717, 1.165) is 5.04 Å². The summed E-state index contributed by atoms with van der Waals surface area (Å²) in [5.74, 6) is 0. The molecule has 1 atom stereocenters. The fourth-order valence-electron chi connectivity index (χ4n) is 1.62. The second-order valence-corrected chi connectivity index (χ2v) is 11.1. The van der Waals surface area contributed by atoms with E-state index in [9.17, 15) is 0 Å². The summed E-state index contributed by atoms with van der Waals surface area (Å²) in [6, 6.07) is 8.34. The molecule has 16 heavy (non-hydrogen) atoms. The van der Waals surface area contributed by atoms with E-state index in [0.29, 0.717) is 0 Å². The molecule has 1 aromatic rings. The van der Waals surface area contributed by atoms with Gasteiger partial charge in [-0.2, -0.15) is 0 Å². The number of anilines is 1. The van der Waals surface area contributed by atoms with E-state index in [4.69, 9.17) is 16.6 Å². The van der Waals surface area contributed by atoms with Crippen LogP contribution in [0.3, 0.4) is 0 Å². The van der Waals surface area contributed by atoms with E-state index in [-0.39, 0.29) is 0 Å². The van der Waals surface area contributed by atoms with Crippen molar-refractivity contribution in [3.63, 3.8) is 0 Å². The summed E-state index contributed by atoms with van der Waals surface area (Å²) in [7, 11) is 2.05. The largest absolute Gasteiger partial charge is 0.322 e. The third-order valence-corrected chi connectivity index (χ3v) is 9.97. The molecule has 1 aliphatic rings. The number of para-hydroxylation sites is 1. The Kier molecular flexibility index (Phi) is 3.69.